The number of morpholine rings is 1. The fraction of sp³-hybridized carbons (Fsp3) is 0.625. The average molecular weight is 262 g/mol. The van der Waals surface area contributed by atoms with Gasteiger partial charge in [-0.15, -0.1) is 0 Å². The zero-order valence-electron chi connectivity index (χ0n) is 12.5. The van der Waals surface area contributed by atoms with Crippen molar-refractivity contribution in [1.82, 2.24) is 10.6 Å². The van der Waals surface area contributed by atoms with E-state index in [1.54, 1.807) is 0 Å². The Kier molecular flexibility index (Phi) is 4.97. The fourth-order valence-electron chi connectivity index (χ4n) is 2.79. The summed E-state index contributed by atoms with van der Waals surface area (Å²) in [6, 6.07) is 4.97. The second-order valence-electron chi connectivity index (χ2n) is 5.57. The molecule has 2 N–H and O–H groups in total. The van der Waals surface area contributed by atoms with Gasteiger partial charge >= 0.3 is 0 Å². The van der Waals surface area contributed by atoms with E-state index in [0.29, 0.717) is 12.1 Å². The standard InChI is InChI=1S/C16H26N2O/c1-11-7-13(3)15(8-12(11)2)16(17-4)9-14-10-18-5-6-19-14/h7-8,14,16-18H,5-6,9-10H2,1-4H3. The molecule has 1 heterocycles. The van der Waals surface area contributed by atoms with Crippen LogP contribution in [-0.2, 0) is 4.74 Å². The van der Waals surface area contributed by atoms with E-state index in [1.165, 1.54) is 22.3 Å². The van der Waals surface area contributed by atoms with Crippen molar-refractivity contribution in [2.75, 3.05) is 26.7 Å². The molecule has 0 aliphatic carbocycles. The summed E-state index contributed by atoms with van der Waals surface area (Å²) in [6.07, 6.45) is 1.33. The molecular weight excluding hydrogens is 236 g/mol. The summed E-state index contributed by atoms with van der Waals surface area (Å²) in [5.74, 6) is 0. The fourth-order valence-corrected chi connectivity index (χ4v) is 2.79. The van der Waals surface area contributed by atoms with Crippen molar-refractivity contribution in [3.8, 4) is 0 Å². The molecule has 0 aromatic heterocycles. The van der Waals surface area contributed by atoms with Crippen LogP contribution in [0.2, 0.25) is 0 Å². The van der Waals surface area contributed by atoms with Gasteiger partial charge in [-0.1, -0.05) is 12.1 Å². The van der Waals surface area contributed by atoms with Gasteiger partial charge in [0.15, 0.2) is 0 Å². The summed E-state index contributed by atoms with van der Waals surface area (Å²) in [7, 11) is 2.04. The van der Waals surface area contributed by atoms with Crippen LogP contribution in [0.4, 0.5) is 0 Å². The molecule has 106 valence electrons. The van der Waals surface area contributed by atoms with Crippen molar-refractivity contribution in [1.29, 1.82) is 0 Å². The lowest BCUT2D eigenvalue weighted by molar-refractivity contribution is 0.0176. The normalized spacial score (nSPS) is 21.4. The molecule has 1 aliphatic heterocycles. The molecule has 0 radical (unpaired) electrons. The van der Waals surface area contributed by atoms with E-state index in [-0.39, 0.29) is 0 Å². The van der Waals surface area contributed by atoms with Crippen LogP contribution in [0.3, 0.4) is 0 Å². The molecule has 2 unspecified atom stereocenters. The predicted octanol–water partition coefficient (Wildman–Crippen LogP) is 2.25. The summed E-state index contributed by atoms with van der Waals surface area (Å²) < 4.78 is 5.82. The van der Waals surface area contributed by atoms with Crippen molar-refractivity contribution in [2.45, 2.75) is 39.3 Å². The van der Waals surface area contributed by atoms with Gasteiger partial charge in [-0.05, 0) is 56.5 Å². The van der Waals surface area contributed by atoms with Crippen LogP contribution in [0, 0.1) is 20.8 Å². The zero-order valence-corrected chi connectivity index (χ0v) is 12.5. The van der Waals surface area contributed by atoms with Crippen LogP contribution in [0.15, 0.2) is 12.1 Å². The first-order valence-electron chi connectivity index (χ1n) is 7.19. The Bertz CT molecular complexity index is 425. The first-order chi connectivity index (χ1) is 9.11. The summed E-state index contributed by atoms with van der Waals surface area (Å²) in [4.78, 5) is 0. The van der Waals surface area contributed by atoms with Gasteiger partial charge in [0.2, 0.25) is 0 Å². The number of benzene rings is 1. The van der Waals surface area contributed by atoms with Crippen LogP contribution in [0.1, 0.15) is 34.7 Å². The molecule has 1 fully saturated rings. The Morgan fingerprint density at radius 2 is 2.00 bits per heavy atom. The first-order valence-corrected chi connectivity index (χ1v) is 7.19. The maximum Gasteiger partial charge on any atom is 0.0718 e. The third-order valence-electron chi connectivity index (χ3n) is 4.11. The lowest BCUT2D eigenvalue weighted by atomic mass is 9.92. The average Bonchev–Trinajstić information content (AvgIpc) is 2.42. The highest BCUT2D eigenvalue weighted by atomic mass is 16.5. The maximum atomic E-state index is 5.82. The van der Waals surface area contributed by atoms with E-state index in [1.807, 2.05) is 7.05 Å². The third-order valence-corrected chi connectivity index (χ3v) is 4.11. The van der Waals surface area contributed by atoms with E-state index in [0.717, 1.165) is 26.1 Å². The molecule has 19 heavy (non-hydrogen) atoms. The van der Waals surface area contributed by atoms with E-state index in [2.05, 4.69) is 43.5 Å². The van der Waals surface area contributed by atoms with Gasteiger partial charge in [-0.25, -0.2) is 0 Å². The van der Waals surface area contributed by atoms with Crippen LogP contribution in [0.25, 0.3) is 0 Å². The number of aryl methyl sites for hydroxylation is 3. The molecule has 1 aromatic carbocycles. The van der Waals surface area contributed by atoms with Crippen LogP contribution >= 0.6 is 0 Å². The second kappa shape index (κ2) is 6.51. The van der Waals surface area contributed by atoms with Crippen LogP contribution < -0.4 is 10.6 Å². The Balaban J connectivity index is 2.14. The summed E-state index contributed by atoms with van der Waals surface area (Å²) in [5.41, 5.74) is 5.50. The molecule has 0 spiro atoms. The highest BCUT2D eigenvalue weighted by Crippen LogP contribution is 2.26. The number of nitrogens with one attached hydrogen (secondary N) is 2. The number of ether oxygens (including phenoxy) is 1. The molecule has 1 aromatic rings. The zero-order chi connectivity index (χ0) is 13.8. The molecule has 3 heteroatoms. The molecule has 1 saturated heterocycles. The van der Waals surface area contributed by atoms with Crippen molar-refractivity contribution >= 4 is 0 Å². The van der Waals surface area contributed by atoms with Crippen molar-refractivity contribution < 1.29 is 4.74 Å². The second-order valence-corrected chi connectivity index (χ2v) is 5.57. The molecule has 2 rings (SSSR count). The molecule has 3 nitrogen and oxygen atoms in total. The molecular formula is C16H26N2O. The minimum atomic E-state index is 0.312. The molecule has 0 bridgehead atoms. The van der Waals surface area contributed by atoms with Gasteiger partial charge in [0.1, 0.15) is 0 Å². The van der Waals surface area contributed by atoms with Gasteiger partial charge in [-0.2, -0.15) is 0 Å². The van der Waals surface area contributed by atoms with Gasteiger partial charge in [-0.3, -0.25) is 0 Å². The highest BCUT2D eigenvalue weighted by molar-refractivity contribution is 5.38. The van der Waals surface area contributed by atoms with E-state index in [4.69, 9.17) is 4.74 Å². The monoisotopic (exact) mass is 262 g/mol. The van der Waals surface area contributed by atoms with Crippen LogP contribution in [0.5, 0.6) is 0 Å². The van der Waals surface area contributed by atoms with Crippen molar-refractivity contribution in [3.05, 3.63) is 34.4 Å². The summed E-state index contributed by atoms with van der Waals surface area (Å²) in [6.45, 7) is 9.32. The molecule has 0 amide bonds. The molecule has 1 aliphatic rings. The summed E-state index contributed by atoms with van der Waals surface area (Å²) >= 11 is 0. The van der Waals surface area contributed by atoms with Gasteiger partial charge in [0.05, 0.1) is 12.7 Å². The third kappa shape index (κ3) is 3.56. The molecule has 2 atom stereocenters. The largest absolute Gasteiger partial charge is 0.376 e. The first kappa shape index (κ1) is 14.5. The quantitative estimate of drug-likeness (QED) is 0.873. The topological polar surface area (TPSA) is 33.3 Å². The minimum Gasteiger partial charge on any atom is -0.376 e. The van der Waals surface area contributed by atoms with Crippen LogP contribution in [-0.4, -0.2) is 32.8 Å². The number of hydrogen-bond acceptors (Lipinski definition) is 3. The summed E-state index contributed by atoms with van der Waals surface area (Å²) in [5, 5.41) is 6.84. The minimum absolute atomic E-state index is 0.312. The van der Waals surface area contributed by atoms with Crippen molar-refractivity contribution in [2.24, 2.45) is 0 Å². The van der Waals surface area contributed by atoms with Gasteiger partial charge < -0.3 is 15.4 Å². The Labute approximate surface area is 116 Å². The SMILES string of the molecule is CNC(CC1CNCCO1)c1cc(C)c(C)cc1C. The Morgan fingerprint density at radius 1 is 1.26 bits per heavy atom. The lowest BCUT2D eigenvalue weighted by Crippen LogP contribution is -2.40. The van der Waals surface area contributed by atoms with Crippen molar-refractivity contribution in [3.63, 3.8) is 0 Å². The van der Waals surface area contributed by atoms with E-state index >= 15 is 0 Å². The number of hydrogen-bond donors (Lipinski definition) is 2. The Morgan fingerprint density at radius 3 is 2.63 bits per heavy atom. The van der Waals surface area contributed by atoms with Gasteiger partial charge in [0.25, 0.3) is 0 Å². The van der Waals surface area contributed by atoms with E-state index < -0.39 is 0 Å². The highest BCUT2D eigenvalue weighted by Gasteiger charge is 2.21. The predicted molar refractivity (Wildman–Crippen MR) is 79.7 cm³/mol. The Hall–Kier alpha value is -0.900. The molecule has 0 saturated carbocycles. The maximum absolute atomic E-state index is 5.82. The number of rotatable bonds is 4. The van der Waals surface area contributed by atoms with E-state index in [9.17, 15) is 0 Å². The lowest BCUT2D eigenvalue weighted by Gasteiger charge is -2.28. The van der Waals surface area contributed by atoms with Gasteiger partial charge in [0, 0.05) is 19.1 Å². The smallest absolute Gasteiger partial charge is 0.0718 e.